The fourth-order valence-corrected chi connectivity index (χ4v) is 2.11. The summed E-state index contributed by atoms with van der Waals surface area (Å²) in [6.45, 7) is 5.50. The SMILES string of the molecule is CCCCCOC1(C)CCCCC1. The van der Waals surface area contributed by atoms with Crippen LogP contribution in [0.3, 0.4) is 0 Å². The van der Waals surface area contributed by atoms with Crippen LogP contribution in [-0.4, -0.2) is 12.2 Å². The Morgan fingerprint density at radius 1 is 1.08 bits per heavy atom. The van der Waals surface area contributed by atoms with E-state index in [4.69, 9.17) is 4.74 Å². The quantitative estimate of drug-likeness (QED) is 0.588. The molecule has 13 heavy (non-hydrogen) atoms. The molecule has 0 unspecified atom stereocenters. The lowest BCUT2D eigenvalue weighted by Crippen LogP contribution is -2.31. The third-order valence-corrected chi connectivity index (χ3v) is 3.11. The normalized spacial score (nSPS) is 21.7. The Hall–Kier alpha value is -0.0400. The molecule has 1 heteroatoms. The average Bonchev–Trinajstić information content (AvgIpc) is 2.14. The third-order valence-electron chi connectivity index (χ3n) is 3.11. The Kier molecular flexibility index (Phi) is 4.79. The van der Waals surface area contributed by atoms with Gasteiger partial charge in [-0.15, -0.1) is 0 Å². The van der Waals surface area contributed by atoms with Crippen LogP contribution in [0.2, 0.25) is 0 Å². The van der Waals surface area contributed by atoms with Crippen molar-refractivity contribution in [1.82, 2.24) is 0 Å². The van der Waals surface area contributed by atoms with E-state index in [-0.39, 0.29) is 5.60 Å². The van der Waals surface area contributed by atoms with Crippen molar-refractivity contribution in [3.05, 3.63) is 0 Å². The largest absolute Gasteiger partial charge is 0.375 e. The van der Waals surface area contributed by atoms with Gasteiger partial charge in [0.2, 0.25) is 0 Å². The number of hydrogen-bond acceptors (Lipinski definition) is 1. The van der Waals surface area contributed by atoms with Gasteiger partial charge in [-0.25, -0.2) is 0 Å². The summed E-state index contributed by atoms with van der Waals surface area (Å²) in [4.78, 5) is 0. The molecule has 1 saturated carbocycles. The van der Waals surface area contributed by atoms with Crippen LogP contribution in [0.15, 0.2) is 0 Å². The van der Waals surface area contributed by atoms with Crippen molar-refractivity contribution in [2.75, 3.05) is 6.61 Å². The van der Waals surface area contributed by atoms with Crippen LogP contribution in [-0.2, 0) is 4.74 Å². The molecule has 0 saturated heterocycles. The summed E-state index contributed by atoms with van der Waals surface area (Å²) in [6, 6.07) is 0. The first-order valence-electron chi connectivity index (χ1n) is 5.91. The Balaban J connectivity index is 2.10. The molecule has 0 radical (unpaired) electrons. The van der Waals surface area contributed by atoms with Crippen LogP contribution in [0.25, 0.3) is 0 Å². The first-order chi connectivity index (χ1) is 6.27. The maximum absolute atomic E-state index is 5.97. The Labute approximate surface area is 82.9 Å². The fraction of sp³-hybridized carbons (Fsp3) is 1.00. The predicted octanol–water partition coefficient (Wildman–Crippen LogP) is 3.92. The van der Waals surface area contributed by atoms with E-state index in [9.17, 15) is 0 Å². The molecule has 0 aliphatic heterocycles. The van der Waals surface area contributed by atoms with E-state index in [2.05, 4.69) is 13.8 Å². The highest BCUT2D eigenvalue weighted by Crippen LogP contribution is 2.31. The lowest BCUT2D eigenvalue weighted by atomic mass is 9.86. The third kappa shape index (κ3) is 4.12. The van der Waals surface area contributed by atoms with Crippen LogP contribution in [0.4, 0.5) is 0 Å². The second-order valence-corrected chi connectivity index (χ2v) is 4.57. The van der Waals surface area contributed by atoms with Gasteiger partial charge in [0.1, 0.15) is 0 Å². The first-order valence-corrected chi connectivity index (χ1v) is 5.91. The van der Waals surface area contributed by atoms with Gasteiger partial charge in [0.15, 0.2) is 0 Å². The second-order valence-electron chi connectivity index (χ2n) is 4.57. The maximum Gasteiger partial charge on any atom is 0.0654 e. The topological polar surface area (TPSA) is 9.23 Å². The van der Waals surface area contributed by atoms with Crippen molar-refractivity contribution in [3.8, 4) is 0 Å². The fourth-order valence-electron chi connectivity index (χ4n) is 2.11. The van der Waals surface area contributed by atoms with Gasteiger partial charge in [0.05, 0.1) is 5.60 Å². The van der Waals surface area contributed by atoms with E-state index in [1.54, 1.807) is 0 Å². The zero-order chi connectivity index (χ0) is 9.57. The zero-order valence-electron chi connectivity index (χ0n) is 9.27. The summed E-state index contributed by atoms with van der Waals surface area (Å²) in [6.07, 6.45) is 10.5. The standard InChI is InChI=1S/C12H24O/c1-3-4-8-11-13-12(2)9-6-5-7-10-12/h3-11H2,1-2H3. The number of hydrogen-bond donors (Lipinski definition) is 0. The Morgan fingerprint density at radius 2 is 1.77 bits per heavy atom. The molecule has 1 rings (SSSR count). The summed E-state index contributed by atoms with van der Waals surface area (Å²) >= 11 is 0. The van der Waals surface area contributed by atoms with Gasteiger partial charge in [-0.2, -0.15) is 0 Å². The van der Waals surface area contributed by atoms with Gasteiger partial charge in [0.25, 0.3) is 0 Å². The van der Waals surface area contributed by atoms with Crippen LogP contribution in [0, 0.1) is 0 Å². The van der Waals surface area contributed by atoms with Gasteiger partial charge in [0, 0.05) is 6.61 Å². The van der Waals surface area contributed by atoms with E-state index in [1.807, 2.05) is 0 Å². The van der Waals surface area contributed by atoms with Gasteiger partial charge < -0.3 is 4.74 Å². The smallest absolute Gasteiger partial charge is 0.0654 e. The summed E-state index contributed by atoms with van der Waals surface area (Å²) in [5.41, 5.74) is 0.228. The minimum atomic E-state index is 0.228. The van der Waals surface area contributed by atoms with Crippen molar-refractivity contribution >= 4 is 0 Å². The Morgan fingerprint density at radius 3 is 2.38 bits per heavy atom. The zero-order valence-corrected chi connectivity index (χ0v) is 9.27. The van der Waals surface area contributed by atoms with E-state index < -0.39 is 0 Å². The highest BCUT2D eigenvalue weighted by Gasteiger charge is 2.26. The lowest BCUT2D eigenvalue weighted by molar-refractivity contribution is -0.0573. The van der Waals surface area contributed by atoms with E-state index >= 15 is 0 Å². The molecule has 1 nitrogen and oxygen atoms in total. The second kappa shape index (κ2) is 5.64. The molecule has 0 aromatic rings. The molecule has 0 spiro atoms. The van der Waals surface area contributed by atoms with Gasteiger partial charge in [-0.3, -0.25) is 0 Å². The van der Waals surface area contributed by atoms with Crippen molar-refractivity contribution in [2.24, 2.45) is 0 Å². The molecular formula is C12H24O. The molecule has 0 N–H and O–H groups in total. The number of unbranched alkanes of at least 4 members (excludes halogenated alkanes) is 2. The van der Waals surface area contributed by atoms with E-state index in [0.717, 1.165) is 6.61 Å². The minimum absolute atomic E-state index is 0.228. The highest BCUT2D eigenvalue weighted by molar-refractivity contribution is 4.79. The molecular weight excluding hydrogens is 160 g/mol. The summed E-state index contributed by atoms with van der Waals surface area (Å²) in [5, 5.41) is 0. The molecule has 1 aliphatic rings. The number of ether oxygens (including phenoxy) is 1. The van der Waals surface area contributed by atoms with Crippen molar-refractivity contribution < 1.29 is 4.74 Å². The summed E-state index contributed by atoms with van der Waals surface area (Å²) in [7, 11) is 0. The van der Waals surface area contributed by atoms with Crippen LogP contribution < -0.4 is 0 Å². The monoisotopic (exact) mass is 184 g/mol. The Bertz CT molecular complexity index is 125. The highest BCUT2D eigenvalue weighted by atomic mass is 16.5. The molecule has 1 fully saturated rings. The molecule has 1 aliphatic carbocycles. The van der Waals surface area contributed by atoms with Crippen LogP contribution >= 0.6 is 0 Å². The van der Waals surface area contributed by atoms with E-state index in [0.29, 0.717) is 0 Å². The predicted molar refractivity (Wildman–Crippen MR) is 57.0 cm³/mol. The molecule has 0 bridgehead atoms. The van der Waals surface area contributed by atoms with Crippen LogP contribution in [0.5, 0.6) is 0 Å². The van der Waals surface area contributed by atoms with Gasteiger partial charge >= 0.3 is 0 Å². The molecule has 0 aromatic carbocycles. The van der Waals surface area contributed by atoms with Crippen LogP contribution in [0.1, 0.15) is 65.2 Å². The lowest BCUT2D eigenvalue weighted by Gasteiger charge is -2.33. The first kappa shape index (κ1) is 11.0. The molecule has 0 aromatic heterocycles. The summed E-state index contributed by atoms with van der Waals surface area (Å²) < 4.78 is 5.97. The molecule has 0 heterocycles. The maximum atomic E-state index is 5.97. The number of rotatable bonds is 5. The summed E-state index contributed by atoms with van der Waals surface area (Å²) in [5.74, 6) is 0. The average molecular weight is 184 g/mol. The van der Waals surface area contributed by atoms with Crippen molar-refractivity contribution in [3.63, 3.8) is 0 Å². The van der Waals surface area contributed by atoms with Gasteiger partial charge in [-0.05, 0) is 26.2 Å². The van der Waals surface area contributed by atoms with E-state index in [1.165, 1.54) is 51.4 Å². The van der Waals surface area contributed by atoms with Crippen molar-refractivity contribution in [2.45, 2.75) is 70.8 Å². The minimum Gasteiger partial charge on any atom is -0.375 e. The molecule has 0 amide bonds. The molecule has 78 valence electrons. The molecule has 0 atom stereocenters. The van der Waals surface area contributed by atoms with Gasteiger partial charge in [-0.1, -0.05) is 39.0 Å². The van der Waals surface area contributed by atoms with Crippen molar-refractivity contribution in [1.29, 1.82) is 0 Å².